The van der Waals surface area contributed by atoms with Crippen molar-refractivity contribution in [2.24, 2.45) is 0 Å². The normalized spacial score (nSPS) is 16.7. The second-order valence-corrected chi connectivity index (χ2v) is 7.06. The van der Waals surface area contributed by atoms with Crippen LogP contribution in [0.4, 0.5) is 0 Å². The third-order valence-corrected chi connectivity index (χ3v) is 3.75. The molecule has 0 aliphatic carbocycles. The van der Waals surface area contributed by atoms with Crippen LogP contribution in [0.2, 0.25) is 0 Å². The summed E-state index contributed by atoms with van der Waals surface area (Å²) in [5.74, 6) is 2.42. The van der Waals surface area contributed by atoms with Gasteiger partial charge in [0, 0.05) is 12.1 Å². The minimum atomic E-state index is -0.0952. The third-order valence-electron chi connectivity index (χ3n) is 3.75. The highest BCUT2D eigenvalue weighted by Gasteiger charge is 2.21. The smallest absolute Gasteiger partial charge is 0.166 e. The van der Waals surface area contributed by atoms with E-state index in [1.165, 1.54) is 5.56 Å². The molecule has 1 unspecified atom stereocenters. The van der Waals surface area contributed by atoms with E-state index in [1.807, 2.05) is 36.4 Å². The first-order valence-electron chi connectivity index (χ1n) is 8.35. The molecule has 0 saturated carbocycles. The molecule has 0 radical (unpaired) electrons. The van der Waals surface area contributed by atoms with Crippen LogP contribution in [0.5, 0.6) is 17.2 Å². The highest BCUT2D eigenvalue weighted by Crippen LogP contribution is 2.31. The van der Waals surface area contributed by atoms with Crippen molar-refractivity contribution in [3.8, 4) is 17.2 Å². The largest absolute Gasteiger partial charge is 0.490 e. The van der Waals surface area contributed by atoms with Gasteiger partial charge in [-0.15, -0.1) is 0 Å². The Bertz CT molecular complexity index is 661. The Kier molecular flexibility index (Phi) is 4.95. The molecular formula is C20H25NO3. The molecule has 0 spiro atoms. The van der Waals surface area contributed by atoms with Gasteiger partial charge in [-0.3, -0.25) is 0 Å². The minimum absolute atomic E-state index is 0.0952. The zero-order chi connectivity index (χ0) is 17.0. The number of hydrogen-bond acceptors (Lipinski definition) is 4. The van der Waals surface area contributed by atoms with Gasteiger partial charge in [-0.2, -0.15) is 0 Å². The van der Waals surface area contributed by atoms with E-state index in [0.717, 1.165) is 23.8 Å². The lowest BCUT2D eigenvalue weighted by Gasteiger charge is -2.26. The van der Waals surface area contributed by atoms with Gasteiger partial charge >= 0.3 is 0 Å². The van der Waals surface area contributed by atoms with Gasteiger partial charge in [-0.05, 0) is 50.6 Å². The van der Waals surface area contributed by atoms with E-state index in [-0.39, 0.29) is 11.6 Å². The van der Waals surface area contributed by atoms with Crippen molar-refractivity contribution in [3.05, 3.63) is 54.1 Å². The van der Waals surface area contributed by atoms with Crippen LogP contribution in [-0.4, -0.2) is 24.9 Å². The highest BCUT2D eigenvalue weighted by molar-refractivity contribution is 5.40. The first-order chi connectivity index (χ1) is 11.5. The standard InChI is InChI=1S/C20H25NO3/c1-20(2,3)21-12-15-8-10-16(11-9-15)22-13-17-14-23-18-6-4-5-7-19(18)24-17/h4-11,17,21H,12-14H2,1-3H3. The van der Waals surface area contributed by atoms with Gasteiger partial charge in [0.2, 0.25) is 0 Å². The topological polar surface area (TPSA) is 39.7 Å². The van der Waals surface area contributed by atoms with Gasteiger partial charge in [-0.1, -0.05) is 24.3 Å². The molecule has 128 valence electrons. The molecule has 0 bridgehead atoms. The lowest BCUT2D eigenvalue weighted by atomic mass is 10.1. The van der Waals surface area contributed by atoms with Crippen LogP contribution >= 0.6 is 0 Å². The monoisotopic (exact) mass is 327 g/mol. The fraction of sp³-hybridized carbons (Fsp3) is 0.400. The van der Waals surface area contributed by atoms with Crippen molar-refractivity contribution >= 4 is 0 Å². The quantitative estimate of drug-likeness (QED) is 0.907. The Morgan fingerprint density at radius 1 is 1.04 bits per heavy atom. The molecule has 0 saturated heterocycles. The van der Waals surface area contributed by atoms with Gasteiger partial charge < -0.3 is 19.5 Å². The van der Waals surface area contributed by atoms with Crippen molar-refractivity contribution in [2.75, 3.05) is 13.2 Å². The Labute approximate surface area is 143 Å². The summed E-state index contributed by atoms with van der Waals surface area (Å²) < 4.78 is 17.4. The van der Waals surface area contributed by atoms with E-state index >= 15 is 0 Å². The summed E-state index contributed by atoms with van der Waals surface area (Å²) in [5, 5.41) is 3.47. The van der Waals surface area contributed by atoms with Gasteiger partial charge in [-0.25, -0.2) is 0 Å². The van der Waals surface area contributed by atoms with Crippen LogP contribution in [0.3, 0.4) is 0 Å². The molecular weight excluding hydrogens is 302 g/mol. The number of ether oxygens (including phenoxy) is 3. The molecule has 1 aliphatic heterocycles. The first-order valence-corrected chi connectivity index (χ1v) is 8.35. The molecule has 24 heavy (non-hydrogen) atoms. The Morgan fingerprint density at radius 3 is 2.46 bits per heavy atom. The summed E-state index contributed by atoms with van der Waals surface area (Å²) in [6.45, 7) is 8.30. The fourth-order valence-corrected chi connectivity index (χ4v) is 2.41. The predicted octanol–water partition coefficient (Wildman–Crippen LogP) is 3.79. The molecule has 2 aromatic carbocycles. The van der Waals surface area contributed by atoms with Crippen molar-refractivity contribution in [1.82, 2.24) is 5.32 Å². The SMILES string of the molecule is CC(C)(C)NCc1ccc(OCC2COc3ccccc3O2)cc1. The zero-order valence-corrected chi connectivity index (χ0v) is 14.5. The molecule has 1 atom stereocenters. The van der Waals surface area contributed by atoms with Crippen LogP contribution in [-0.2, 0) is 6.54 Å². The number of benzene rings is 2. The van der Waals surface area contributed by atoms with Gasteiger partial charge in [0.1, 0.15) is 19.0 Å². The van der Waals surface area contributed by atoms with Crippen molar-refractivity contribution < 1.29 is 14.2 Å². The van der Waals surface area contributed by atoms with Crippen LogP contribution in [0, 0.1) is 0 Å². The van der Waals surface area contributed by atoms with E-state index in [1.54, 1.807) is 0 Å². The maximum atomic E-state index is 5.89. The average Bonchev–Trinajstić information content (AvgIpc) is 2.58. The number of hydrogen-bond donors (Lipinski definition) is 1. The van der Waals surface area contributed by atoms with Gasteiger partial charge in [0.15, 0.2) is 17.6 Å². The van der Waals surface area contributed by atoms with Crippen molar-refractivity contribution in [1.29, 1.82) is 0 Å². The lowest BCUT2D eigenvalue weighted by molar-refractivity contribution is 0.0535. The highest BCUT2D eigenvalue weighted by atomic mass is 16.6. The van der Waals surface area contributed by atoms with Gasteiger partial charge in [0.05, 0.1) is 0 Å². The molecule has 1 heterocycles. The maximum Gasteiger partial charge on any atom is 0.166 e. The van der Waals surface area contributed by atoms with E-state index in [9.17, 15) is 0 Å². The molecule has 4 heteroatoms. The number of para-hydroxylation sites is 2. The summed E-state index contributed by atoms with van der Waals surface area (Å²) >= 11 is 0. The second-order valence-electron chi connectivity index (χ2n) is 7.06. The van der Waals surface area contributed by atoms with E-state index < -0.39 is 0 Å². The summed E-state index contributed by atoms with van der Waals surface area (Å²) in [6, 6.07) is 15.9. The fourth-order valence-electron chi connectivity index (χ4n) is 2.41. The Balaban J connectivity index is 1.49. The number of fused-ring (bicyclic) bond motifs is 1. The van der Waals surface area contributed by atoms with Crippen LogP contribution in [0.1, 0.15) is 26.3 Å². The van der Waals surface area contributed by atoms with E-state index in [2.05, 4.69) is 38.2 Å². The maximum absolute atomic E-state index is 5.89. The molecule has 4 nitrogen and oxygen atoms in total. The summed E-state index contributed by atoms with van der Waals surface area (Å²) in [7, 11) is 0. The zero-order valence-electron chi connectivity index (χ0n) is 14.5. The molecule has 3 rings (SSSR count). The van der Waals surface area contributed by atoms with E-state index in [0.29, 0.717) is 13.2 Å². The average molecular weight is 327 g/mol. The number of nitrogens with one attached hydrogen (secondary N) is 1. The van der Waals surface area contributed by atoms with Crippen LogP contribution in [0.15, 0.2) is 48.5 Å². The molecule has 1 aliphatic rings. The summed E-state index contributed by atoms with van der Waals surface area (Å²) in [4.78, 5) is 0. The molecule has 2 aromatic rings. The van der Waals surface area contributed by atoms with E-state index in [4.69, 9.17) is 14.2 Å². The van der Waals surface area contributed by atoms with Gasteiger partial charge in [0.25, 0.3) is 0 Å². The van der Waals surface area contributed by atoms with Crippen LogP contribution < -0.4 is 19.5 Å². The second kappa shape index (κ2) is 7.14. The Hall–Kier alpha value is -2.20. The van der Waals surface area contributed by atoms with Crippen LogP contribution in [0.25, 0.3) is 0 Å². The lowest BCUT2D eigenvalue weighted by Crippen LogP contribution is -2.35. The summed E-state index contributed by atoms with van der Waals surface area (Å²) in [5.41, 5.74) is 1.35. The van der Waals surface area contributed by atoms with Crippen molar-refractivity contribution in [3.63, 3.8) is 0 Å². The van der Waals surface area contributed by atoms with Crippen molar-refractivity contribution in [2.45, 2.75) is 39.0 Å². The molecule has 0 amide bonds. The Morgan fingerprint density at radius 2 is 1.75 bits per heavy atom. The third kappa shape index (κ3) is 4.65. The minimum Gasteiger partial charge on any atom is -0.490 e. The predicted molar refractivity (Wildman–Crippen MR) is 94.9 cm³/mol. The molecule has 0 fully saturated rings. The molecule has 0 aromatic heterocycles. The first kappa shape index (κ1) is 16.7. The summed E-state index contributed by atoms with van der Waals surface area (Å²) in [6.07, 6.45) is -0.0952. The number of rotatable bonds is 5. The molecule has 1 N–H and O–H groups in total.